The highest BCUT2D eigenvalue weighted by molar-refractivity contribution is 7.90. The van der Waals surface area contributed by atoms with E-state index < -0.39 is 9.84 Å². The summed E-state index contributed by atoms with van der Waals surface area (Å²) in [7, 11) is -3.14. The Labute approximate surface area is 112 Å². The summed E-state index contributed by atoms with van der Waals surface area (Å²) in [5, 5.41) is 3.16. The third kappa shape index (κ3) is 3.51. The van der Waals surface area contributed by atoms with Gasteiger partial charge in [0.25, 0.3) is 0 Å². The van der Waals surface area contributed by atoms with Crippen LogP contribution < -0.4 is 5.32 Å². The first-order chi connectivity index (χ1) is 8.97. The van der Waals surface area contributed by atoms with E-state index in [0.717, 1.165) is 17.1 Å². The molecule has 19 heavy (non-hydrogen) atoms. The van der Waals surface area contributed by atoms with E-state index in [9.17, 15) is 8.42 Å². The molecule has 0 aliphatic rings. The minimum Gasteiger partial charge on any atom is -0.364 e. The van der Waals surface area contributed by atoms with Gasteiger partial charge in [-0.25, -0.2) is 13.4 Å². The largest absolute Gasteiger partial charge is 0.364 e. The number of nitrogens with zero attached hydrogens (tertiary/aromatic N) is 2. The van der Waals surface area contributed by atoms with Gasteiger partial charge in [-0.1, -0.05) is 12.1 Å². The van der Waals surface area contributed by atoms with Gasteiger partial charge in [-0.15, -0.1) is 0 Å². The van der Waals surface area contributed by atoms with Gasteiger partial charge in [-0.05, 0) is 24.6 Å². The molecule has 0 aliphatic carbocycles. The van der Waals surface area contributed by atoms with Crippen molar-refractivity contribution >= 4 is 15.7 Å². The molecule has 2 rings (SSSR count). The van der Waals surface area contributed by atoms with E-state index in [-0.39, 0.29) is 0 Å². The molecule has 0 atom stereocenters. The fourth-order valence-electron chi connectivity index (χ4n) is 1.62. The average Bonchev–Trinajstić information content (AvgIpc) is 2.37. The maximum absolute atomic E-state index is 11.3. The van der Waals surface area contributed by atoms with Gasteiger partial charge in [0.05, 0.1) is 10.6 Å². The fraction of sp³-hybridized carbons (Fsp3) is 0.231. The monoisotopic (exact) mass is 277 g/mol. The van der Waals surface area contributed by atoms with E-state index in [4.69, 9.17) is 0 Å². The van der Waals surface area contributed by atoms with E-state index in [1.54, 1.807) is 36.7 Å². The Morgan fingerprint density at radius 3 is 2.32 bits per heavy atom. The molecule has 0 spiro atoms. The smallest absolute Gasteiger partial charge is 0.175 e. The summed E-state index contributed by atoms with van der Waals surface area (Å²) in [5.74, 6) is 0.731. The summed E-state index contributed by atoms with van der Waals surface area (Å²) < 4.78 is 22.7. The Balaban J connectivity index is 2.07. The Hall–Kier alpha value is -1.95. The summed E-state index contributed by atoms with van der Waals surface area (Å²) in [6.07, 6.45) is 4.46. The summed E-state index contributed by atoms with van der Waals surface area (Å²) in [4.78, 5) is 8.64. The Bertz CT molecular complexity index is 667. The molecule has 0 saturated carbocycles. The number of anilines is 1. The fourth-order valence-corrected chi connectivity index (χ4v) is 2.25. The van der Waals surface area contributed by atoms with Crippen LogP contribution in [0.1, 0.15) is 11.3 Å². The Kier molecular flexibility index (Phi) is 3.80. The number of sulfone groups is 1. The zero-order chi connectivity index (χ0) is 13.9. The van der Waals surface area contributed by atoms with Crippen LogP contribution in [0.3, 0.4) is 0 Å². The SMILES string of the molecule is Cc1nccnc1NCc1ccc(S(C)(=O)=O)cc1. The van der Waals surface area contributed by atoms with Crippen LogP contribution in [0.25, 0.3) is 0 Å². The van der Waals surface area contributed by atoms with Gasteiger partial charge in [0, 0.05) is 25.2 Å². The maximum Gasteiger partial charge on any atom is 0.175 e. The van der Waals surface area contributed by atoms with E-state index in [0.29, 0.717) is 11.4 Å². The Morgan fingerprint density at radius 2 is 1.74 bits per heavy atom. The number of aromatic nitrogens is 2. The molecular formula is C13H15N3O2S. The second-order valence-corrected chi connectivity index (χ2v) is 6.28. The normalized spacial score (nSPS) is 11.3. The lowest BCUT2D eigenvalue weighted by atomic mass is 10.2. The molecule has 0 aliphatic heterocycles. The third-order valence-corrected chi connectivity index (χ3v) is 3.82. The summed E-state index contributed by atoms with van der Waals surface area (Å²) in [6.45, 7) is 2.45. The van der Waals surface area contributed by atoms with Crippen molar-refractivity contribution in [3.05, 3.63) is 47.9 Å². The van der Waals surface area contributed by atoms with Crippen LogP contribution in [0, 0.1) is 6.92 Å². The van der Waals surface area contributed by atoms with Crippen LogP contribution in [0.2, 0.25) is 0 Å². The first-order valence-corrected chi connectivity index (χ1v) is 7.66. The summed E-state index contributed by atoms with van der Waals surface area (Å²) in [5.41, 5.74) is 1.81. The van der Waals surface area contributed by atoms with Crippen LogP contribution in [-0.2, 0) is 16.4 Å². The van der Waals surface area contributed by atoms with Gasteiger partial charge < -0.3 is 5.32 Å². The van der Waals surface area contributed by atoms with Crippen LogP contribution in [0.4, 0.5) is 5.82 Å². The van der Waals surface area contributed by atoms with E-state index in [1.165, 1.54) is 6.26 Å². The second-order valence-electron chi connectivity index (χ2n) is 4.26. The lowest BCUT2D eigenvalue weighted by Gasteiger charge is -2.07. The van der Waals surface area contributed by atoms with Gasteiger partial charge in [0.1, 0.15) is 5.82 Å². The third-order valence-electron chi connectivity index (χ3n) is 2.69. The summed E-state index contributed by atoms with van der Waals surface area (Å²) in [6, 6.07) is 6.79. The lowest BCUT2D eigenvalue weighted by Crippen LogP contribution is -2.04. The molecule has 0 amide bonds. The zero-order valence-electron chi connectivity index (χ0n) is 10.8. The molecule has 6 heteroatoms. The molecule has 1 aromatic heterocycles. The van der Waals surface area contributed by atoms with Crippen molar-refractivity contribution in [3.63, 3.8) is 0 Å². The van der Waals surface area contributed by atoms with E-state index in [1.807, 2.05) is 6.92 Å². The molecule has 0 bridgehead atoms. The molecule has 2 aromatic rings. The van der Waals surface area contributed by atoms with Gasteiger partial charge in [-0.2, -0.15) is 0 Å². The predicted octanol–water partition coefficient (Wildman–Crippen LogP) is 1.80. The maximum atomic E-state index is 11.3. The lowest BCUT2D eigenvalue weighted by molar-refractivity contribution is 0.602. The van der Waals surface area contributed by atoms with Gasteiger partial charge in [0.2, 0.25) is 0 Å². The highest BCUT2D eigenvalue weighted by atomic mass is 32.2. The minimum atomic E-state index is -3.14. The van der Waals surface area contributed by atoms with Crippen molar-refractivity contribution in [2.24, 2.45) is 0 Å². The molecule has 1 aromatic carbocycles. The predicted molar refractivity (Wildman–Crippen MR) is 73.6 cm³/mol. The van der Waals surface area contributed by atoms with Crippen LogP contribution >= 0.6 is 0 Å². The van der Waals surface area contributed by atoms with Crippen LogP contribution in [-0.4, -0.2) is 24.6 Å². The topological polar surface area (TPSA) is 72.0 Å². The van der Waals surface area contributed by atoms with E-state index >= 15 is 0 Å². The first kappa shape index (κ1) is 13.5. The van der Waals surface area contributed by atoms with Crippen molar-refractivity contribution in [2.75, 3.05) is 11.6 Å². The quantitative estimate of drug-likeness (QED) is 0.922. The van der Waals surface area contributed by atoms with Crippen LogP contribution in [0.5, 0.6) is 0 Å². The number of hydrogen-bond acceptors (Lipinski definition) is 5. The van der Waals surface area contributed by atoms with Crippen molar-refractivity contribution in [1.82, 2.24) is 9.97 Å². The van der Waals surface area contributed by atoms with Crippen molar-refractivity contribution in [1.29, 1.82) is 0 Å². The van der Waals surface area contributed by atoms with Gasteiger partial charge in [-0.3, -0.25) is 4.98 Å². The second kappa shape index (κ2) is 5.36. The Morgan fingerprint density at radius 1 is 1.11 bits per heavy atom. The standard InChI is InChI=1S/C13H15N3O2S/c1-10-13(15-8-7-14-10)16-9-11-3-5-12(6-4-11)19(2,17)18/h3-8H,9H2,1-2H3,(H,15,16). The van der Waals surface area contributed by atoms with Crippen molar-refractivity contribution < 1.29 is 8.42 Å². The molecular weight excluding hydrogens is 262 g/mol. The van der Waals surface area contributed by atoms with E-state index in [2.05, 4.69) is 15.3 Å². The number of nitrogens with one attached hydrogen (secondary N) is 1. The molecule has 1 heterocycles. The number of rotatable bonds is 4. The van der Waals surface area contributed by atoms with Gasteiger partial charge in [0.15, 0.2) is 9.84 Å². The molecule has 0 unspecified atom stereocenters. The molecule has 1 N–H and O–H groups in total. The van der Waals surface area contributed by atoms with Crippen molar-refractivity contribution in [3.8, 4) is 0 Å². The van der Waals surface area contributed by atoms with Crippen molar-refractivity contribution in [2.45, 2.75) is 18.4 Å². The average molecular weight is 277 g/mol. The molecule has 0 fully saturated rings. The van der Waals surface area contributed by atoms with Crippen LogP contribution in [0.15, 0.2) is 41.6 Å². The molecule has 0 saturated heterocycles. The first-order valence-electron chi connectivity index (χ1n) is 5.77. The molecule has 0 radical (unpaired) electrons. The molecule has 100 valence electrons. The number of aryl methyl sites for hydroxylation is 1. The zero-order valence-corrected chi connectivity index (χ0v) is 11.6. The number of hydrogen-bond donors (Lipinski definition) is 1. The highest BCUT2D eigenvalue weighted by Gasteiger charge is 2.06. The minimum absolute atomic E-state index is 0.326. The number of benzene rings is 1. The van der Waals surface area contributed by atoms with Gasteiger partial charge >= 0.3 is 0 Å². The summed E-state index contributed by atoms with van der Waals surface area (Å²) >= 11 is 0. The highest BCUT2D eigenvalue weighted by Crippen LogP contribution is 2.12. The molecule has 5 nitrogen and oxygen atoms in total.